The second-order valence-corrected chi connectivity index (χ2v) is 8.99. The molecule has 0 heteroatoms. The van der Waals surface area contributed by atoms with Crippen LogP contribution in [-0.4, -0.2) is 0 Å². The van der Waals surface area contributed by atoms with Gasteiger partial charge in [-0.25, -0.2) is 0 Å². The topological polar surface area (TPSA) is 0 Å². The highest BCUT2D eigenvalue weighted by molar-refractivity contribution is 5.27. The zero-order chi connectivity index (χ0) is 15.5. The molecule has 3 saturated carbocycles. The summed E-state index contributed by atoms with van der Waals surface area (Å²) in [5, 5.41) is 0. The molecule has 7 atom stereocenters. The maximum Gasteiger partial charge on any atom is 0.0340 e. The van der Waals surface area contributed by atoms with Crippen molar-refractivity contribution in [1.82, 2.24) is 0 Å². The third kappa shape index (κ3) is 1.78. The van der Waals surface area contributed by atoms with Crippen molar-refractivity contribution in [2.24, 2.45) is 40.4 Å². The van der Waals surface area contributed by atoms with E-state index in [-0.39, 0.29) is 5.41 Å². The Hall–Kier alpha value is -0.960. The van der Waals surface area contributed by atoms with Crippen molar-refractivity contribution in [2.45, 2.75) is 59.3 Å². The van der Waals surface area contributed by atoms with Crippen molar-refractivity contribution < 1.29 is 0 Å². The summed E-state index contributed by atoms with van der Waals surface area (Å²) in [6.07, 6.45) is 21.6. The van der Waals surface area contributed by atoms with Crippen molar-refractivity contribution in [2.75, 3.05) is 0 Å². The molecule has 118 valence electrons. The largest absolute Gasteiger partial charge is 0.120 e. The second-order valence-electron chi connectivity index (χ2n) is 8.99. The third-order valence-electron chi connectivity index (χ3n) is 8.30. The van der Waals surface area contributed by atoms with Crippen LogP contribution in [0.1, 0.15) is 59.3 Å². The number of allylic oxidation sites excluding steroid dienone is 4. The Bertz CT molecular complexity index is 573. The number of hydrogen-bond acceptors (Lipinski definition) is 0. The van der Waals surface area contributed by atoms with Crippen molar-refractivity contribution >= 4 is 0 Å². The molecule has 0 aromatic heterocycles. The molecule has 0 aliphatic heterocycles. The van der Waals surface area contributed by atoms with Crippen LogP contribution in [0.15, 0.2) is 23.8 Å². The predicted molar refractivity (Wildman–Crippen MR) is 93.1 cm³/mol. The summed E-state index contributed by atoms with van der Waals surface area (Å²) in [7, 11) is 0. The van der Waals surface area contributed by atoms with Gasteiger partial charge in [-0.2, -0.15) is 0 Å². The standard InChI is InChI=1S/C22H30/c1-5-21(3)12-11-20-19-9-7-16-14-15(2)6-8-17(16)18(19)10-13-22(20,21)4/h1,6,8,14,16-20H,7,9-13H2,2-4H3/t16?,17?,18?,19?,20?,21-,22?/m1/s1. The molecule has 0 amide bonds. The second kappa shape index (κ2) is 4.77. The molecular weight excluding hydrogens is 264 g/mol. The number of fused-ring (bicyclic) bond motifs is 5. The van der Waals surface area contributed by atoms with Crippen LogP contribution < -0.4 is 0 Å². The first-order chi connectivity index (χ1) is 10.5. The molecule has 0 aromatic carbocycles. The zero-order valence-electron chi connectivity index (χ0n) is 14.4. The molecule has 4 aliphatic carbocycles. The first kappa shape index (κ1) is 14.6. The van der Waals surface area contributed by atoms with Gasteiger partial charge in [0.15, 0.2) is 0 Å². The fourth-order valence-electron chi connectivity index (χ4n) is 6.75. The Labute approximate surface area is 136 Å². The molecule has 0 bridgehead atoms. The smallest absolute Gasteiger partial charge is 0.0340 e. The van der Waals surface area contributed by atoms with Crippen molar-refractivity contribution in [3.63, 3.8) is 0 Å². The van der Waals surface area contributed by atoms with Gasteiger partial charge in [0.2, 0.25) is 0 Å². The highest BCUT2D eigenvalue weighted by atomic mass is 14.6. The van der Waals surface area contributed by atoms with Gasteiger partial charge in [0, 0.05) is 5.41 Å². The van der Waals surface area contributed by atoms with Crippen LogP contribution in [0.25, 0.3) is 0 Å². The van der Waals surface area contributed by atoms with E-state index in [1.54, 1.807) is 0 Å². The highest BCUT2D eigenvalue weighted by Gasteiger charge is 2.60. The maximum absolute atomic E-state index is 5.98. The molecule has 4 aliphatic rings. The van der Waals surface area contributed by atoms with Gasteiger partial charge in [-0.3, -0.25) is 0 Å². The molecule has 3 fully saturated rings. The molecule has 0 radical (unpaired) electrons. The first-order valence-electron chi connectivity index (χ1n) is 9.33. The number of terminal acetylenes is 1. The van der Waals surface area contributed by atoms with E-state index >= 15 is 0 Å². The Morgan fingerprint density at radius 2 is 1.91 bits per heavy atom. The van der Waals surface area contributed by atoms with E-state index in [4.69, 9.17) is 6.42 Å². The SMILES string of the molecule is C#C[C@]1(C)CCC2C3CCC4C=C(C)C=CC4C3CCC21C. The van der Waals surface area contributed by atoms with Gasteiger partial charge in [0.1, 0.15) is 0 Å². The van der Waals surface area contributed by atoms with Crippen molar-refractivity contribution in [3.8, 4) is 12.3 Å². The van der Waals surface area contributed by atoms with Crippen LogP contribution in [0.2, 0.25) is 0 Å². The minimum Gasteiger partial charge on any atom is -0.120 e. The third-order valence-corrected chi connectivity index (χ3v) is 8.30. The summed E-state index contributed by atoms with van der Waals surface area (Å²) in [6.45, 7) is 7.14. The maximum atomic E-state index is 5.98. The van der Waals surface area contributed by atoms with Gasteiger partial charge in [0.05, 0.1) is 0 Å². The molecule has 0 heterocycles. The molecule has 0 spiro atoms. The van der Waals surface area contributed by atoms with E-state index in [0.717, 1.165) is 29.6 Å². The van der Waals surface area contributed by atoms with Crippen LogP contribution in [-0.2, 0) is 0 Å². The number of hydrogen-bond donors (Lipinski definition) is 0. The Morgan fingerprint density at radius 3 is 2.68 bits per heavy atom. The molecule has 0 N–H and O–H groups in total. The van der Waals surface area contributed by atoms with Gasteiger partial charge >= 0.3 is 0 Å². The Balaban J connectivity index is 1.64. The van der Waals surface area contributed by atoms with Gasteiger partial charge in [0.25, 0.3) is 0 Å². The normalized spacial score (nSPS) is 53.0. The predicted octanol–water partition coefficient (Wildman–Crippen LogP) is 5.61. The van der Waals surface area contributed by atoms with Gasteiger partial charge in [-0.15, -0.1) is 6.42 Å². The van der Waals surface area contributed by atoms with Crippen LogP contribution in [0.3, 0.4) is 0 Å². The van der Waals surface area contributed by atoms with Crippen LogP contribution >= 0.6 is 0 Å². The summed E-state index contributed by atoms with van der Waals surface area (Å²) in [6, 6.07) is 0. The zero-order valence-corrected chi connectivity index (χ0v) is 14.4. The lowest BCUT2D eigenvalue weighted by atomic mass is 9.49. The molecule has 22 heavy (non-hydrogen) atoms. The quantitative estimate of drug-likeness (QED) is 0.509. The lowest BCUT2D eigenvalue weighted by Gasteiger charge is -2.55. The minimum atomic E-state index is 0.137. The Kier molecular flexibility index (Phi) is 3.17. The number of rotatable bonds is 0. The van der Waals surface area contributed by atoms with Gasteiger partial charge < -0.3 is 0 Å². The fourth-order valence-corrected chi connectivity index (χ4v) is 6.75. The summed E-state index contributed by atoms with van der Waals surface area (Å²) in [5.74, 6) is 7.55. The fraction of sp³-hybridized carbons (Fsp3) is 0.727. The molecule has 4 rings (SSSR count). The average molecular weight is 294 g/mol. The minimum absolute atomic E-state index is 0.137. The Morgan fingerprint density at radius 1 is 1.09 bits per heavy atom. The molecule has 6 unspecified atom stereocenters. The lowest BCUT2D eigenvalue weighted by molar-refractivity contribution is -0.0455. The van der Waals surface area contributed by atoms with E-state index in [9.17, 15) is 0 Å². The molecule has 0 nitrogen and oxygen atoms in total. The van der Waals surface area contributed by atoms with E-state index < -0.39 is 0 Å². The highest BCUT2D eigenvalue weighted by Crippen LogP contribution is 2.67. The van der Waals surface area contributed by atoms with Crippen molar-refractivity contribution in [1.29, 1.82) is 0 Å². The van der Waals surface area contributed by atoms with Crippen LogP contribution in [0.5, 0.6) is 0 Å². The first-order valence-corrected chi connectivity index (χ1v) is 9.33. The molecular formula is C22H30. The van der Waals surface area contributed by atoms with Gasteiger partial charge in [-0.1, -0.05) is 36.6 Å². The monoisotopic (exact) mass is 294 g/mol. The summed E-state index contributed by atoms with van der Waals surface area (Å²) in [4.78, 5) is 0. The van der Waals surface area contributed by atoms with Crippen LogP contribution in [0, 0.1) is 52.8 Å². The van der Waals surface area contributed by atoms with Crippen LogP contribution in [0.4, 0.5) is 0 Å². The summed E-state index contributed by atoms with van der Waals surface area (Å²) in [5.41, 5.74) is 2.00. The molecule has 0 aromatic rings. The van der Waals surface area contributed by atoms with Crippen molar-refractivity contribution in [3.05, 3.63) is 23.8 Å². The summed E-state index contributed by atoms with van der Waals surface area (Å²) < 4.78 is 0. The summed E-state index contributed by atoms with van der Waals surface area (Å²) >= 11 is 0. The average Bonchev–Trinajstić information content (AvgIpc) is 2.79. The lowest BCUT2D eigenvalue weighted by Crippen LogP contribution is -2.49. The van der Waals surface area contributed by atoms with E-state index in [1.807, 2.05) is 0 Å². The van der Waals surface area contributed by atoms with E-state index in [0.29, 0.717) is 5.41 Å². The van der Waals surface area contributed by atoms with E-state index in [2.05, 4.69) is 44.9 Å². The molecule has 0 saturated heterocycles. The van der Waals surface area contributed by atoms with Gasteiger partial charge in [-0.05, 0) is 87.4 Å². The van der Waals surface area contributed by atoms with E-state index in [1.165, 1.54) is 44.1 Å².